The number of aliphatic hydroxyl groups is 1. The molecule has 3 nitrogen and oxygen atoms in total. The van der Waals surface area contributed by atoms with Crippen LogP contribution in [0.5, 0.6) is 0 Å². The molecule has 0 bridgehead atoms. The lowest BCUT2D eigenvalue weighted by molar-refractivity contribution is 0.199. The van der Waals surface area contributed by atoms with Gasteiger partial charge in [-0.3, -0.25) is 0 Å². The normalized spacial score (nSPS) is 12.7. The zero-order valence-corrected chi connectivity index (χ0v) is 11.2. The van der Waals surface area contributed by atoms with E-state index < -0.39 is 6.10 Å². The van der Waals surface area contributed by atoms with Crippen molar-refractivity contribution < 1.29 is 5.11 Å². The number of hydrogen-bond donors (Lipinski definition) is 1. The Morgan fingerprint density at radius 2 is 1.94 bits per heavy atom. The molecule has 1 atom stereocenters. The molecule has 0 aliphatic rings. The summed E-state index contributed by atoms with van der Waals surface area (Å²) in [5.41, 5.74) is 4.16. The lowest BCUT2D eigenvalue weighted by Crippen LogP contribution is -2.07. The van der Waals surface area contributed by atoms with Crippen molar-refractivity contribution in [2.24, 2.45) is 0 Å². The predicted molar refractivity (Wildman–Crippen MR) is 73.0 cm³/mol. The number of nitrogens with zero attached hydrogens (tertiary/aromatic N) is 2. The standard InChI is InChI=1S/C15H20N2O/c1-4-12-10-13(5-2)17(16-12)15-9-7-6-8-14(15)11(3)18/h6-11,18H,4-5H2,1-3H3. The average Bonchev–Trinajstić information content (AvgIpc) is 2.81. The zero-order valence-electron chi connectivity index (χ0n) is 11.2. The number of aryl methyl sites for hydroxylation is 2. The minimum absolute atomic E-state index is 0.486. The van der Waals surface area contributed by atoms with Crippen LogP contribution < -0.4 is 0 Å². The third-order valence-electron chi connectivity index (χ3n) is 3.17. The first-order chi connectivity index (χ1) is 8.67. The second kappa shape index (κ2) is 5.36. The lowest BCUT2D eigenvalue weighted by atomic mass is 10.1. The third kappa shape index (κ3) is 2.31. The van der Waals surface area contributed by atoms with E-state index in [1.54, 1.807) is 6.92 Å². The van der Waals surface area contributed by atoms with E-state index in [2.05, 4.69) is 25.0 Å². The molecular weight excluding hydrogens is 224 g/mol. The first-order valence-electron chi connectivity index (χ1n) is 6.52. The fourth-order valence-corrected chi connectivity index (χ4v) is 2.14. The Hall–Kier alpha value is -1.61. The predicted octanol–water partition coefficient (Wildman–Crippen LogP) is 3.05. The highest BCUT2D eigenvalue weighted by Crippen LogP contribution is 2.23. The summed E-state index contributed by atoms with van der Waals surface area (Å²) in [6.45, 7) is 6.01. The summed E-state index contributed by atoms with van der Waals surface area (Å²) in [6, 6.07) is 10.0. The molecule has 1 aromatic carbocycles. The lowest BCUT2D eigenvalue weighted by Gasteiger charge is -2.13. The maximum absolute atomic E-state index is 9.85. The van der Waals surface area contributed by atoms with E-state index in [-0.39, 0.29) is 0 Å². The summed E-state index contributed by atoms with van der Waals surface area (Å²) in [5, 5.41) is 14.5. The molecule has 1 unspecified atom stereocenters. The maximum atomic E-state index is 9.85. The molecule has 0 radical (unpaired) electrons. The number of rotatable bonds is 4. The number of aliphatic hydroxyl groups excluding tert-OH is 1. The molecule has 1 N–H and O–H groups in total. The van der Waals surface area contributed by atoms with Gasteiger partial charge < -0.3 is 5.11 Å². The summed E-state index contributed by atoms with van der Waals surface area (Å²) < 4.78 is 1.96. The van der Waals surface area contributed by atoms with Crippen molar-refractivity contribution in [3.05, 3.63) is 47.3 Å². The molecule has 0 spiro atoms. The number of benzene rings is 1. The summed E-state index contributed by atoms with van der Waals surface area (Å²) in [6.07, 6.45) is 1.37. The minimum atomic E-state index is -0.486. The van der Waals surface area contributed by atoms with Crippen LogP contribution in [0.4, 0.5) is 0 Å². The molecule has 2 rings (SSSR count). The van der Waals surface area contributed by atoms with Crippen LogP contribution in [0.3, 0.4) is 0 Å². The first-order valence-corrected chi connectivity index (χ1v) is 6.52. The summed E-state index contributed by atoms with van der Waals surface area (Å²) in [7, 11) is 0. The molecule has 18 heavy (non-hydrogen) atoms. The van der Waals surface area contributed by atoms with Crippen molar-refractivity contribution in [2.45, 2.75) is 39.7 Å². The van der Waals surface area contributed by atoms with E-state index in [0.29, 0.717) is 0 Å². The van der Waals surface area contributed by atoms with Crippen LogP contribution in [0, 0.1) is 0 Å². The van der Waals surface area contributed by atoms with Gasteiger partial charge in [0, 0.05) is 11.3 Å². The van der Waals surface area contributed by atoms with Crippen LogP contribution in [0.1, 0.15) is 43.8 Å². The largest absolute Gasteiger partial charge is 0.389 e. The van der Waals surface area contributed by atoms with Crippen molar-refractivity contribution in [1.82, 2.24) is 9.78 Å². The van der Waals surface area contributed by atoms with E-state index in [1.807, 2.05) is 28.9 Å². The van der Waals surface area contributed by atoms with Crippen LogP contribution in [-0.4, -0.2) is 14.9 Å². The maximum Gasteiger partial charge on any atom is 0.0782 e. The van der Waals surface area contributed by atoms with Gasteiger partial charge in [-0.25, -0.2) is 4.68 Å². The molecular formula is C15H20N2O. The fraction of sp³-hybridized carbons (Fsp3) is 0.400. The van der Waals surface area contributed by atoms with Crippen molar-refractivity contribution in [3.63, 3.8) is 0 Å². The van der Waals surface area contributed by atoms with Gasteiger partial charge in [0.2, 0.25) is 0 Å². The van der Waals surface area contributed by atoms with E-state index in [1.165, 1.54) is 5.69 Å². The smallest absolute Gasteiger partial charge is 0.0782 e. The fourth-order valence-electron chi connectivity index (χ4n) is 2.14. The third-order valence-corrected chi connectivity index (χ3v) is 3.17. The second-order valence-corrected chi connectivity index (χ2v) is 4.48. The Morgan fingerprint density at radius 3 is 2.56 bits per heavy atom. The van der Waals surface area contributed by atoms with E-state index in [9.17, 15) is 5.11 Å². The van der Waals surface area contributed by atoms with Gasteiger partial charge in [-0.15, -0.1) is 0 Å². The Bertz CT molecular complexity index is 529. The highest BCUT2D eigenvalue weighted by molar-refractivity contribution is 5.43. The van der Waals surface area contributed by atoms with Gasteiger partial charge in [-0.05, 0) is 31.9 Å². The van der Waals surface area contributed by atoms with Crippen LogP contribution in [0.15, 0.2) is 30.3 Å². The summed E-state index contributed by atoms with van der Waals surface area (Å²) in [4.78, 5) is 0. The Balaban J connectivity index is 2.57. The molecule has 1 heterocycles. The monoisotopic (exact) mass is 244 g/mol. The van der Waals surface area contributed by atoms with Gasteiger partial charge in [-0.1, -0.05) is 32.0 Å². The van der Waals surface area contributed by atoms with Gasteiger partial charge in [0.15, 0.2) is 0 Å². The Labute approximate surface area is 108 Å². The molecule has 0 aliphatic carbocycles. The molecule has 2 aromatic rings. The van der Waals surface area contributed by atoms with Gasteiger partial charge in [0.25, 0.3) is 0 Å². The Morgan fingerprint density at radius 1 is 1.22 bits per heavy atom. The summed E-state index contributed by atoms with van der Waals surface area (Å²) in [5.74, 6) is 0. The van der Waals surface area contributed by atoms with Crippen LogP contribution in [0.25, 0.3) is 5.69 Å². The van der Waals surface area contributed by atoms with Crippen LogP contribution in [-0.2, 0) is 12.8 Å². The molecule has 3 heteroatoms. The quantitative estimate of drug-likeness (QED) is 0.897. The van der Waals surface area contributed by atoms with E-state index in [0.717, 1.165) is 29.8 Å². The van der Waals surface area contributed by atoms with Gasteiger partial charge >= 0.3 is 0 Å². The van der Waals surface area contributed by atoms with Crippen LogP contribution in [0.2, 0.25) is 0 Å². The molecule has 1 aromatic heterocycles. The van der Waals surface area contributed by atoms with Gasteiger partial charge in [0.05, 0.1) is 17.5 Å². The number of para-hydroxylation sites is 1. The number of aromatic nitrogens is 2. The van der Waals surface area contributed by atoms with Crippen molar-refractivity contribution in [3.8, 4) is 5.69 Å². The molecule has 0 saturated carbocycles. The summed E-state index contributed by atoms with van der Waals surface area (Å²) >= 11 is 0. The van der Waals surface area contributed by atoms with Gasteiger partial charge in [0.1, 0.15) is 0 Å². The SMILES string of the molecule is CCc1cc(CC)n(-c2ccccc2C(C)O)n1. The van der Waals surface area contributed by atoms with E-state index in [4.69, 9.17) is 0 Å². The van der Waals surface area contributed by atoms with E-state index >= 15 is 0 Å². The van der Waals surface area contributed by atoms with Gasteiger partial charge in [-0.2, -0.15) is 5.10 Å². The second-order valence-electron chi connectivity index (χ2n) is 4.48. The minimum Gasteiger partial charge on any atom is -0.389 e. The molecule has 0 fully saturated rings. The highest BCUT2D eigenvalue weighted by atomic mass is 16.3. The zero-order chi connectivity index (χ0) is 13.1. The first kappa shape index (κ1) is 12.8. The van der Waals surface area contributed by atoms with Crippen LogP contribution >= 0.6 is 0 Å². The molecule has 96 valence electrons. The van der Waals surface area contributed by atoms with Crippen molar-refractivity contribution >= 4 is 0 Å². The average molecular weight is 244 g/mol. The molecule has 0 saturated heterocycles. The molecule has 0 aliphatic heterocycles. The van der Waals surface area contributed by atoms with Crippen molar-refractivity contribution in [1.29, 1.82) is 0 Å². The van der Waals surface area contributed by atoms with Crippen molar-refractivity contribution in [2.75, 3.05) is 0 Å². The highest BCUT2D eigenvalue weighted by Gasteiger charge is 2.13. The Kier molecular flexibility index (Phi) is 3.82. The topological polar surface area (TPSA) is 38.0 Å². The number of hydrogen-bond acceptors (Lipinski definition) is 2. The molecule has 0 amide bonds.